The second-order valence-corrected chi connectivity index (χ2v) is 7.74. The topological polar surface area (TPSA) is 67.1 Å². The van der Waals surface area contributed by atoms with Crippen LogP contribution < -0.4 is 5.32 Å². The van der Waals surface area contributed by atoms with Gasteiger partial charge in [0.2, 0.25) is 0 Å². The molecule has 1 amide bonds. The fourth-order valence-electron chi connectivity index (χ4n) is 4.36. The van der Waals surface area contributed by atoms with Crippen molar-refractivity contribution in [3.63, 3.8) is 0 Å². The predicted octanol–water partition coefficient (Wildman–Crippen LogP) is 2.70. The Bertz CT molecular complexity index is 622. The molecule has 1 aromatic heterocycles. The highest BCUT2D eigenvalue weighted by atomic mass is 16.7. The van der Waals surface area contributed by atoms with Gasteiger partial charge in [0.15, 0.2) is 5.60 Å². The van der Waals surface area contributed by atoms with Crippen molar-refractivity contribution in [2.75, 3.05) is 19.6 Å². The van der Waals surface area contributed by atoms with Crippen LogP contribution in [0.4, 0.5) is 0 Å². The van der Waals surface area contributed by atoms with E-state index in [0.717, 1.165) is 31.2 Å². The van der Waals surface area contributed by atoms with Crippen molar-refractivity contribution < 1.29 is 14.0 Å². The lowest BCUT2D eigenvalue weighted by molar-refractivity contribution is -0.115. The van der Waals surface area contributed by atoms with E-state index in [1.807, 2.05) is 12.1 Å². The van der Waals surface area contributed by atoms with Gasteiger partial charge in [-0.2, -0.15) is 0 Å². The summed E-state index contributed by atoms with van der Waals surface area (Å²) in [5.41, 5.74) is 0.220. The maximum absolute atomic E-state index is 12.3. The molecule has 0 aromatic carbocycles. The Labute approximate surface area is 148 Å². The number of amides is 1. The minimum absolute atomic E-state index is 0.154. The summed E-state index contributed by atoms with van der Waals surface area (Å²) in [5.74, 6) is 1.42. The summed E-state index contributed by atoms with van der Waals surface area (Å²) in [6.07, 6.45) is 10.0. The van der Waals surface area contributed by atoms with E-state index in [1.54, 1.807) is 6.26 Å². The van der Waals surface area contributed by atoms with Gasteiger partial charge in [-0.15, -0.1) is 0 Å². The van der Waals surface area contributed by atoms with Gasteiger partial charge in [0, 0.05) is 32.5 Å². The Hall–Kier alpha value is -1.82. The zero-order chi connectivity index (χ0) is 17.1. The van der Waals surface area contributed by atoms with Crippen molar-refractivity contribution in [3.05, 3.63) is 24.2 Å². The second kappa shape index (κ2) is 7.20. The summed E-state index contributed by atoms with van der Waals surface area (Å²) < 4.78 is 5.23. The van der Waals surface area contributed by atoms with Crippen LogP contribution in [-0.4, -0.2) is 41.8 Å². The van der Waals surface area contributed by atoms with Crippen LogP contribution >= 0.6 is 0 Å². The van der Waals surface area contributed by atoms with Gasteiger partial charge < -0.3 is 14.6 Å². The quantitative estimate of drug-likeness (QED) is 0.891. The third kappa shape index (κ3) is 3.89. The fourth-order valence-corrected chi connectivity index (χ4v) is 4.36. The Morgan fingerprint density at radius 2 is 2.24 bits per heavy atom. The molecule has 2 aliphatic heterocycles. The first-order valence-electron chi connectivity index (χ1n) is 9.50. The number of carbonyl (C=O) groups excluding carboxylic acids is 1. The summed E-state index contributed by atoms with van der Waals surface area (Å²) in [5, 5.41) is 6.95. The van der Waals surface area contributed by atoms with Crippen LogP contribution in [0.25, 0.3) is 0 Å². The summed E-state index contributed by atoms with van der Waals surface area (Å²) in [6, 6.07) is 3.65. The van der Waals surface area contributed by atoms with Crippen molar-refractivity contribution >= 4 is 11.6 Å². The number of carbonyl (C=O) groups is 1. The Morgan fingerprint density at radius 1 is 1.36 bits per heavy atom. The lowest BCUT2D eigenvalue weighted by Gasteiger charge is -2.27. The first kappa shape index (κ1) is 16.6. The summed E-state index contributed by atoms with van der Waals surface area (Å²) in [4.78, 5) is 20.6. The van der Waals surface area contributed by atoms with Gasteiger partial charge in [-0.3, -0.25) is 9.69 Å². The zero-order valence-corrected chi connectivity index (χ0v) is 14.7. The van der Waals surface area contributed by atoms with Crippen molar-refractivity contribution in [2.24, 2.45) is 11.1 Å². The molecular weight excluding hydrogens is 318 g/mol. The molecule has 6 heteroatoms. The normalized spacial score (nSPS) is 27.4. The molecule has 1 saturated carbocycles. The molecule has 136 valence electrons. The number of rotatable bonds is 5. The molecular formula is C19H27N3O3. The SMILES string of the molecule is O=C(NCc1ccco1)C1=NOC2(CCN(CC3CCCCC3)C2)C1. The fraction of sp³-hybridized carbons (Fsp3) is 0.684. The minimum Gasteiger partial charge on any atom is -0.467 e. The Balaban J connectivity index is 1.25. The van der Waals surface area contributed by atoms with E-state index in [0.29, 0.717) is 18.7 Å². The van der Waals surface area contributed by atoms with Crippen LogP contribution in [0, 0.1) is 5.92 Å². The molecule has 1 N–H and O–H groups in total. The number of nitrogens with one attached hydrogen (secondary N) is 1. The molecule has 1 spiro atoms. The molecule has 0 bridgehead atoms. The highest BCUT2D eigenvalue weighted by Crippen LogP contribution is 2.35. The van der Waals surface area contributed by atoms with Crippen LogP contribution in [0.1, 0.15) is 50.7 Å². The molecule has 6 nitrogen and oxygen atoms in total. The van der Waals surface area contributed by atoms with E-state index in [2.05, 4.69) is 15.4 Å². The average molecular weight is 345 g/mol. The molecule has 0 radical (unpaired) electrons. The van der Waals surface area contributed by atoms with E-state index in [1.165, 1.54) is 38.6 Å². The highest BCUT2D eigenvalue weighted by molar-refractivity contribution is 6.39. The summed E-state index contributed by atoms with van der Waals surface area (Å²) >= 11 is 0. The van der Waals surface area contributed by atoms with Crippen LogP contribution in [0.3, 0.4) is 0 Å². The standard InChI is InChI=1S/C19H27N3O3/c23-18(20-12-16-7-4-10-24-16)17-11-19(25-21-17)8-9-22(14-19)13-15-5-2-1-3-6-15/h4,7,10,15H,1-3,5-6,8-9,11-14H2,(H,20,23). The van der Waals surface area contributed by atoms with Crippen molar-refractivity contribution in [3.8, 4) is 0 Å². The van der Waals surface area contributed by atoms with Crippen molar-refractivity contribution in [2.45, 2.75) is 57.1 Å². The number of nitrogens with zero attached hydrogens (tertiary/aromatic N) is 2. The lowest BCUT2D eigenvalue weighted by Crippen LogP contribution is -2.38. The first-order chi connectivity index (χ1) is 12.2. The van der Waals surface area contributed by atoms with E-state index < -0.39 is 0 Å². The van der Waals surface area contributed by atoms with Gasteiger partial charge in [0.1, 0.15) is 11.5 Å². The van der Waals surface area contributed by atoms with E-state index >= 15 is 0 Å². The molecule has 1 aliphatic carbocycles. The molecule has 2 fully saturated rings. The molecule has 25 heavy (non-hydrogen) atoms. The summed E-state index contributed by atoms with van der Waals surface area (Å²) in [6.45, 7) is 3.49. The monoisotopic (exact) mass is 345 g/mol. The van der Waals surface area contributed by atoms with Crippen LogP contribution in [-0.2, 0) is 16.2 Å². The number of likely N-dealkylation sites (tertiary alicyclic amines) is 1. The van der Waals surface area contributed by atoms with E-state index in [9.17, 15) is 4.79 Å². The molecule has 1 saturated heterocycles. The minimum atomic E-state index is -0.286. The first-order valence-corrected chi connectivity index (χ1v) is 9.50. The van der Waals surface area contributed by atoms with Gasteiger partial charge in [0.25, 0.3) is 5.91 Å². The maximum Gasteiger partial charge on any atom is 0.269 e. The molecule has 1 aromatic rings. The second-order valence-electron chi connectivity index (χ2n) is 7.74. The van der Waals surface area contributed by atoms with Crippen LogP contribution in [0.5, 0.6) is 0 Å². The number of furan rings is 1. The van der Waals surface area contributed by atoms with Gasteiger partial charge >= 0.3 is 0 Å². The Morgan fingerprint density at radius 3 is 3.04 bits per heavy atom. The lowest BCUT2D eigenvalue weighted by atomic mass is 9.89. The van der Waals surface area contributed by atoms with Gasteiger partial charge in [-0.1, -0.05) is 24.4 Å². The number of hydrogen-bond donors (Lipinski definition) is 1. The molecule has 1 unspecified atom stereocenters. The zero-order valence-electron chi connectivity index (χ0n) is 14.7. The number of oxime groups is 1. The Kier molecular flexibility index (Phi) is 4.79. The molecule has 1 atom stereocenters. The highest BCUT2D eigenvalue weighted by Gasteiger charge is 2.46. The largest absolute Gasteiger partial charge is 0.467 e. The van der Waals surface area contributed by atoms with Crippen LogP contribution in [0.2, 0.25) is 0 Å². The summed E-state index contributed by atoms with van der Waals surface area (Å²) in [7, 11) is 0. The van der Waals surface area contributed by atoms with Crippen molar-refractivity contribution in [1.29, 1.82) is 0 Å². The third-order valence-corrected chi connectivity index (χ3v) is 5.74. The van der Waals surface area contributed by atoms with E-state index in [-0.39, 0.29) is 11.5 Å². The van der Waals surface area contributed by atoms with Crippen molar-refractivity contribution in [1.82, 2.24) is 10.2 Å². The maximum atomic E-state index is 12.3. The molecule has 4 rings (SSSR count). The predicted molar refractivity (Wildman–Crippen MR) is 94.1 cm³/mol. The van der Waals surface area contributed by atoms with Crippen LogP contribution in [0.15, 0.2) is 28.0 Å². The van der Waals surface area contributed by atoms with Gasteiger partial charge in [0.05, 0.1) is 12.8 Å². The van der Waals surface area contributed by atoms with Gasteiger partial charge in [-0.05, 0) is 30.9 Å². The molecule has 3 aliphatic rings. The average Bonchev–Trinajstić information content (AvgIpc) is 3.37. The van der Waals surface area contributed by atoms with Gasteiger partial charge in [-0.25, -0.2) is 0 Å². The third-order valence-electron chi connectivity index (χ3n) is 5.74. The number of hydrogen-bond acceptors (Lipinski definition) is 5. The van der Waals surface area contributed by atoms with E-state index in [4.69, 9.17) is 9.25 Å². The smallest absolute Gasteiger partial charge is 0.269 e. The molecule has 3 heterocycles.